The number of hydrogen-bond donors (Lipinski definition) is 1. The summed E-state index contributed by atoms with van der Waals surface area (Å²) in [4.78, 5) is 4.22. The van der Waals surface area contributed by atoms with Crippen molar-refractivity contribution in [2.75, 3.05) is 22.7 Å². The lowest BCUT2D eigenvalue weighted by Gasteiger charge is -2.22. The third-order valence-electron chi connectivity index (χ3n) is 3.03. The monoisotopic (exact) mass is 315 g/mol. The topological polar surface area (TPSA) is 62.3 Å². The summed E-state index contributed by atoms with van der Waals surface area (Å²) in [5, 5.41) is 2.89. The van der Waals surface area contributed by atoms with E-state index in [4.69, 9.17) is 6.42 Å². The highest BCUT2D eigenvalue weighted by Crippen LogP contribution is 2.23. The molecule has 1 aromatic carbocycles. The van der Waals surface area contributed by atoms with E-state index in [1.807, 2.05) is 6.07 Å². The van der Waals surface area contributed by atoms with Crippen molar-refractivity contribution >= 4 is 21.5 Å². The van der Waals surface area contributed by atoms with Crippen LogP contribution in [0.1, 0.15) is 6.92 Å². The lowest BCUT2D eigenvalue weighted by atomic mass is 10.3. The van der Waals surface area contributed by atoms with Gasteiger partial charge in [-0.15, -0.1) is 6.42 Å². The Labute approximate surface area is 131 Å². The molecule has 0 amide bonds. The van der Waals surface area contributed by atoms with Gasteiger partial charge in [0.05, 0.1) is 12.2 Å². The van der Waals surface area contributed by atoms with Gasteiger partial charge in [-0.05, 0) is 31.2 Å². The lowest BCUT2D eigenvalue weighted by Crippen LogP contribution is -2.30. The van der Waals surface area contributed by atoms with Gasteiger partial charge in [0.25, 0.3) is 10.0 Å². The fourth-order valence-corrected chi connectivity index (χ4v) is 3.41. The standard InChI is InChI=1S/C16H17N3O2S/c1-3-12-17-16-11-10-15(13-18-16)22(20,21)19(4-2)14-8-6-5-7-9-14/h1,5-11,13H,4,12H2,2H3,(H,17,18). The van der Waals surface area contributed by atoms with E-state index in [1.165, 1.54) is 16.6 Å². The Morgan fingerprint density at radius 1 is 1.23 bits per heavy atom. The first-order valence-electron chi connectivity index (χ1n) is 6.80. The van der Waals surface area contributed by atoms with Crippen molar-refractivity contribution in [2.24, 2.45) is 0 Å². The van der Waals surface area contributed by atoms with Gasteiger partial charge in [0.2, 0.25) is 0 Å². The van der Waals surface area contributed by atoms with Crippen molar-refractivity contribution in [3.8, 4) is 12.3 Å². The van der Waals surface area contributed by atoms with Crippen LogP contribution in [0.2, 0.25) is 0 Å². The summed E-state index contributed by atoms with van der Waals surface area (Å²) in [5.41, 5.74) is 0.625. The number of nitrogens with one attached hydrogen (secondary N) is 1. The number of pyridine rings is 1. The molecule has 0 aliphatic rings. The Kier molecular flexibility index (Phi) is 5.02. The largest absolute Gasteiger partial charge is 0.359 e. The minimum absolute atomic E-state index is 0.143. The van der Waals surface area contributed by atoms with Crippen molar-refractivity contribution in [3.05, 3.63) is 48.7 Å². The summed E-state index contributed by atoms with van der Waals surface area (Å²) in [7, 11) is -3.64. The second-order valence-corrected chi connectivity index (χ2v) is 6.30. The molecule has 1 aromatic heterocycles. The van der Waals surface area contributed by atoms with Gasteiger partial charge in [-0.3, -0.25) is 4.31 Å². The van der Waals surface area contributed by atoms with Crippen LogP contribution in [0, 0.1) is 12.3 Å². The Bertz CT molecular complexity index is 750. The highest BCUT2D eigenvalue weighted by Gasteiger charge is 2.23. The zero-order chi connectivity index (χ0) is 16.0. The van der Waals surface area contributed by atoms with E-state index in [1.54, 1.807) is 37.3 Å². The number of anilines is 2. The molecular formula is C16H17N3O2S. The molecule has 0 saturated carbocycles. The highest BCUT2D eigenvalue weighted by atomic mass is 32.2. The second-order valence-electron chi connectivity index (χ2n) is 4.44. The number of aromatic nitrogens is 1. The summed E-state index contributed by atoms with van der Waals surface area (Å²) in [6, 6.07) is 12.1. The Balaban J connectivity index is 2.31. The normalized spacial score (nSPS) is 10.7. The number of hydrogen-bond acceptors (Lipinski definition) is 4. The van der Waals surface area contributed by atoms with Crippen molar-refractivity contribution in [2.45, 2.75) is 11.8 Å². The predicted molar refractivity (Wildman–Crippen MR) is 88.2 cm³/mol. The number of nitrogens with zero attached hydrogens (tertiary/aromatic N) is 2. The average Bonchev–Trinajstić information content (AvgIpc) is 2.55. The molecule has 5 nitrogen and oxygen atoms in total. The second kappa shape index (κ2) is 6.96. The molecule has 1 N–H and O–H groups in total. The summed E-state index contributed by atoms with van der Waals surface area (Å²) in [5.74, 6) is 2.97. The molecule has 0 aliphatic carbocycles. The maximum atomic E-state index is 12.7. The van der Waals surface area contributed by atoms with Crippen LogP contribution >= 0.6 is 0 Å². The van der Waals surface area contributed by atoms with Crippen LogP contribution in [0.15, 0.2) is 53.6 Å². The smallest absolute Gasteiger partial charge is 0.265 e. The number of sulfonamides is 1. The van der Waals surface area contributed by atoms with E-state index in [9.17, 15) is 8.42 Å². The predicted octanol–water partition coefficient (Wildman–Crippen LogP) is 2.34. The van der Waals surface area contributed by atoms with Crippen LogP contribution in [0.3, 0.4) is 0 Å². The lowest BCUT2D eigenvalue weighted by molar-refractivity contribution is 0.591. The van der Waals surface area contributed by atoms with E-state index in [0.717, 1.165) is 0 Å². The van der Waals surface area contributed by atoms with Gasteiger partial charge in [0, 0.05) is 12.7 Å². The summed E-state index contributed by atoms with van der Waals surface area (Å²) in [6.07, 6.45) is 6.49. The van der Waals surface area contributed by atoms with Gasteiger partial charge in [0.1, 0.15) is 10.7 Å². The molecule has 0 radical (unpaired) electrons. The van der Waals surface area contributed by atoms with Crippen molar-refractivity contribution in [1.82, 2.24) is 4.98 Å². The van der Waals surface area contributed by atoms with E-state index < -0.39 is 10.0 Å². The molecular weight excluding hydrogens is 298 g/mol. The zero-order valence-electron chi connectivity index (χ0n) is 12.2. The third kappa shape index (κ3) is 3.38. The molecule has 2 aromatic rings. The van der Waals surface area contributed by atoms with Gasteiger partial charge in [-0.25, -0.2) is 13.4 Å². The summed E-state index contributed by atoms with van der Waals surface area (Å²) < 4.78 is 26.8. The van der Waals surface area contributed by atoms with Gasteiger partial charge in [0.15, 0.2) is 0 Å². The molecule has 0 bridgehead atoms. The van der Waals surface area contributed by atoms with Crippen molar-refractivity contribution in [1.29, 1.82) is 0 Å². The molecule has 22 heavy (non-hydrogen) atoms. The fraction of sp³-hybridized carbons (Fsp3) is 0.188. The molecule has 0 atom stereocenters. The van der Waals surface area contributed by atoms with Crippen LogP contribution in [-0.4, -0.2) is 26.5 Å². The van der Waals surface area contributed by atoms with E-state index in [-0.39, 0.29) is 4.90 Å². The van der Waals surface area contributed by atoms with Crippen LogP contribution in [0.25, 0.3) is 0 Å². The Hall–Kier alpha value is -2.52. The fourth-order valence-electron chi connectivity index (χ4n) is 1.99. The molecule has 114 valence electrons. The van der Waals surface area contributed by atoms with Crippen LogP contribution in [-0.2, 0) is 10.0 Å². The maximum absolute atomic E-state index is 12.7. The molecule has 1 heterocycles. The first-order valence-corrected chi connectivity index (χ1v) is 8.24. The van der Waals surface area contributed by atoms with Crippen molar-refractivity contribution < 1.29 is 8.42 Å². The molecule has 0 fully saturated rings. The quantitative estimate of drug-likeness (QED) is 0.831. The number of benzene rings is 1. The number of para-hydroxylation sites is 1. The van der Waals surface area contributed by atoms with Gasteiger partial charge < -0.3 is 5.32 Å². The first-order chi connectivity index (χ1) is 10.6. The molecule has 2 rings (SSSR count). The molecule has 0 aliphatic heterocycles. The SMILES string of the molecule is C#CCNc1ccc(S(=O)(=O)N(CC)c2ccccc2)cn1. The van der Waals surface area contributed by atoms with E-state index >= 15 is 0 Å². The van der Waals surface area contributed by atoms with Gasteiger partial charge in [-0.2, -0.15) is 0 Å². The van der Waals surface area contributed by atoms with Gasteiger partial charge >= 0.3 is 0 Å². The van der Waals surface area contributed by atoms with E-state index in [2.05, 4.69) is 16.2 Å². The number of rotatable bonds is 6. The Morgan fingerprint density at radius 2 is 1.95 bits per heavy atom. The van der Waals surface area contributed by atoms with Crippen LogP contribution in [0.5, 0.6) is 0 Å². The summed E-state index contributed by atoms with van der Waals surface area (Å²) in [6.45, 7) is 2.47. The molecule has 0 unspecified atom stereocenters. The third-order valence-corrected chi connectivity index (χ3v) is 4.91. The zero-order valence-corrected chi connectivity index (χ0v) is 13.0. The summed E-state index contributed by atoms with van der Waals surface area (Å²) >= 11 is 0. The molecule has 6 heteroatoms. The average molecular weight is 315 g/mol. The maximum Gasteiger partial charge on any atom is 0.265 e. The van der Waals surface area contributed by atoms with Crippen molar-refractivity contribution in [3.63, 3.8) is 0 Å². The van der Waals surface area contributed by atoms with Gasteiger partial charge in [-0.1, -0.05) is 24.1 Å². The van der Waals surface area contributed by atoms with E-state index in [0.29, 0.717) is 24.6 Å². The minimum Gasteiger partial charge on any atom is -0.359 e. The highest BCUT2D eigenvalue weighted by molar-refractivity contribution is 7.92. The van der Waals surface area contributed by atoms with Crippen LogP contribution in [0.4, 0.5) is 11.5 Å². The number of terminal acetylenes is 1. The molecule has 0 saturated heterocycles. The minimum atomic E-state index is -3.64. The molecule has 0 spiro atoms. The van der Waals surface area contributed by atoms with Crippen LogP contribution < -0.4 is 9.62 Å². The Morgan fingerprint density at radius 3 is 2.50 bits per heavy atom. The first kappa shape index (κ1) is 15.9.